The van der Waals surface area contributed by atoms with Crippen molar-refractivity contribution in [2.45, 2.75) is 52.1 Å². The van der Waals surface area contributed by atoms with Gasteiger partial charge in [-0.25, -0.2) is 0 Å². The largest absolute Gasteiger partial charge is 0.491 e. The van der Waals surface area contributed by atoms with E-state index in [1.54, 1.807) is 0 Å². The van der Waals surface area contributed by atoms with Gasteiger partial charge in [-0.05, 0) is 60.6 Å². The number of ether oxygens (including phenoxy) is 2. The van der Waals surface area contributed by atoms with Crippen LogP contribution in [-0.2, 0) is 11.8 Å². The van der Waals surface area contributed by atoms with E-state index in [9.17, 15) is 0 Å². The van der Waals surface area contributed by atoms with Crippen molar-refractivity contribution in [1.29, 1.82) is 0 Å². The summed E-state index contributed by atoms with van der Waals surface area (Å²) in [5.41, 5.74) is 3.81. The fraction of sp³-hybridized carbons (Fsp3) is 0.357. The summed E-state index contributed by atoms with van der Waals surface area (Å²) < 4.78 is 12.1. The second-order valence-electron chi connectivity index (χ2n) is 9.02. The molecule has 0 heterocycles. The maximum atomic E-state index is 6.09. The van der Waals surface area contributed by atoms with Crippen molar-refractivity contribution in [2.75, 3.05) is 18.5 Å². The number of anilines is 1. The number of para-hydroxylation sites is 2. The minimum Gasteiger partial charge on any atom is -0.491 e. The third-order valence-electron chi connectivity index (χ3n) is 5.23. The lowest BCUT2D eigenvalue weighted by Gasteiger charge is -2.21. The smallest absolute Gasteiger partial charge is 0.142 e. The average molecular weight is 418 g/mol. The Kier molecular flexibility index (Phi) is 8.00. The minimum absolute atomic E-state index is 0.0339. The summed E-state index contributed by atoms with van der Waals surface area (Å²) in [5, 5.41) is 3.48. The number of rotatable bonds is 10. The summed E-state index contributed by atoms with van der Waals surface area (Å²) >= 11 is 0. The first-order valence-corrected chi connectivity index (χ1v) is 11.2. The van der Waals surface area contributed by atoms with Crippen LogP contribution in [0.3, 0.4) is 0 Å². The first-order valence-electron chi connectivity index (χ1n) is 11.2. The van der Waals surface area contributed by atoms with Crippen LogP contribution in [0.1, 0.15) is 45.2 Å². The first-order chi connectivity index (χ1) is 14.9. The summed E-state index contributed by atoms with van der Waals surface area (Å²) in [6, 6.07) is 27.0. The van der Waals surface area contributed by atoms with Crippen LogP contribution >= 0.6 is 0 Å². The van der Waals surface area contributed by atoms with E-state index in [4.69, 9.17) is 9.47 Å². The molecule has 0 spiro atoms. The predicted octanol–water partition coefficient (Wildman–Crippen LogP) is 6.88. The molecule has 1 atom stereocenters. The summed E-state index contributed by atoms with van der Waals surface area (Å²) in [6.07, 6.45) is 2.05. The molecule has 31 heavy (non-hydrogen) atoms. The zero-order valence-electron chi connectivity index (χ0n) is 19.2. The molecule has 164 valence electrons. The fourth-order valence-electron chi connectivity index (χ4n) is 3.40. The molecule has 0 saturated heterocycles. The molecule has 0 radical (unpaired) electrons. The Bertz CT molecular complexity index is 914. The number of hydrogen-bond acceptors (Lipinski definition) is 3. The van der Waals surface area contributed by atoms with Crippen LogP contribution < -0.4 is 14.8 Å². The molecule has 1 N–H and O–H groups in total. The van der Waals surface area contributed by atoms with E-state index < -0.39 is 0 Å². The van der Waals surface area contributed by atoms with Gasteiger partial charge in [0.05, 0.1) is 18.8 Å². The molecular weight excluding hydrogens is 382 g/mol. The van der Waals surface area contributed by atoms with Crippen molar-refractivity contribution in [3.05, 3.63) is 90.0 Å². The lowest BCUT2D eigenvalue weighted by atomic mass is 9.87. The van der Waals surface area contributed by atoms with Gasteiger partial charge in [-0.2, -0.15) is 0 Å². The average Bonchev–Trinajstić information content (AvgIpc) is 2.76. The Balaban J connectivity index is 1.46. The van der Waals surface area contributed by atoms with Gasteiger partial charge >= 0.3 is 0 Å². The summed E-state index contributed by atoms with van der Waals surface area (Å²) in [5.74, 6) is 1.78. The van der Waals surface area contributed by atoms with Crippen LogP contribution in [0.2, 0.25) is 0 Å². The summed E-state index contributed by atoms with van der Waals surface area (Å²) in [4.78, 5) is 0. The van der Waals surface area contributed by atoms with Crippen LogP contribution in [0.4, 0.5) is 5.69 Å². The molecule has 0 amide bonds. The summed E-state index contributed by atoms with van der Waals surface area (Å²) in [7, 11) is 0. The minimum atomic E-state index is 0.0339. The summed E-state index contributed by atoms with van der Waals surface area (Å²) in [6.45, 7) is 10.1. The highest BCUT2D eigenvalue weighted by Crippen LogP contribution is 2.26. The molecule has 0 aliphatic carbocycles. The second-order valence-corrected chi connectivity index (χ2v) is 9.02. The Hall–Kier alpha value is -2.94. The van der Waals surface area contributed by atoms with Gasteiger partial charge in [0.25, 0.3) is 0 Å². The molecule has 0 aliphatic rings. The Morgan fingerprint density at radius 1 is 0.839 bits per heavy atom. The van der Waals surface area contributed by atoms with E-state index in [1.165, 1.54) is 11.1 Å². The molecule has 0 aromatic heterocycles. The zero-order chi connectivity index (χ0) is 22.1. The van der Waals surface area contributed by atoms with Crippen molar-refractivity contribution >= 4 is 5.69 Å². The third-order valence-corrected chi connectivity index (χ3v) is 5.23. The van der Waals surface area contributed by atoms with Gasteiger partial charge in [-0.3, -0.25) is 0 Å². The standard InChI is InChI=1S/C28H35NO2/c1-22(31-25-18-16-24(17-19-25)28(2,3)4)21-29-26-14-8-9-15-27(26)30-20-10-13-23-11-6-5-7-12-23/h5-9,11-12,14-19,22,29H,10,13,20-21H2,1-4H3. The highest BCUT2D eigenvalue weighted by Gasteiger charge is 2.13. The van der Waals surface area contributed by atoms with E-state index in [-0.39, 0.29) is 11.5 Å². The zero-order valence-corrected chi connectivity index (χ0v) is 19.2. The molecular formula is C28H35NO2. The van der Waals surface area contributed by atoms with Crippen LogP contribution in [0, 0.1) is 0 Å². The Morgan fingerprint density at radius 2 is 1.52 bits per heavy atom. The highest BCUT2D eigenvalue weighted by atomic mass is 16.5. The quantitative estimate of drug-likeness (QED) is 0.365. The van der Waals surface area contributed by atoms with Crippen molar-refractivity contribution < 1.29 is 9.47 Å². The highest BCUT2D eigenvalue weighted by molar-refractivity contribution is 5.56. The van der Waals surface area contributed by atoms with E-state index in [2.05, 4.69) is 87.6 Å². The van der Waals surface area contributed by atoms with Crippen LogP contribution in [0.5, 0.6) is 11.5 Å². The predicted molar refractivity (Wildman–Crippen MR) is 130 cm³/mol. The number of aryl methyl sites for hydroxylation is 1. The Morgan fingerprint density at radius 3 is 2.23 bits per heavy atom. The van der Waals surface area contributed by atoms with E-state index >= 15 is 0 Å². The van der Waals surface area contributed by atoms with Crippen LogP contribution in [0.25, 0.3) is 0 Å². The van der Waals surface area contributed by atoms with Crippen molar-refractivity contribution in [1.82, 2.24) is 0 Å². The fourth-order valence-corrected chi connectivity index (χ4v) is 3.40. The molecule has 0 aliphatic heterocycles. The lowest BCUT2D eigenvalue weighted by molar-refractivity contribution is 0.234. The van der Waals surface area contributed by atoms with Gasteiger partial charge in [0, 0.05) is 0 Å². The molecule has 3 aromatic rings. The topological polar surface area (TPSA) is 30.5 Å². The molecule has 0 saturated carbocycles. The Labute approximate surface area is 187 Å². The molecule has 3 rings (SSSR count). The van der Waals surface area contributed by atoms with E-state index in [0.717, 1.165) is 30.0 Å². The number of benzene rings is 3. The van der Waals surface area contributed by atoms with Gasteiger partial charge in [-0.15, -0.1) is 0 Å². The molecule has 0 fully saturated rings. The molecule has 3 aromatic carbocycles. The van der Waals surface area contributed by atoms with Crippen molar-refractivity contribution in [3.63, 3.8) is 0 Å². The van der Waals surface area contributed by atoms with Crippen LogP contribution in [-0.4, -0.2) is 19.3 Å². The molecule has 1 unspecified atom stereocenters. The van der Waals surface area contributed by atoms with Gasteiger partial charge in [0.1, 0.15) is 17.6 Å². The first kappa shape index (κ1) is 22.7. The SMILES string of the molecule is CC(CNc1ccccc1OCCCc1ccccc1)Oc1ccc(C(C)(C)C)cc1. The normalized spacial score (nSPS) is 12.3. The molecule has 3 nitrogen and oxygen atoms in total. The van der Waals surface area contributed by atoms with Gasteiger partial charge < -0.3 is 14.8 Å². The maximum absolute atomic E-state index is 6.09. The monoisotopic (exact) mass is 417 g/mol. The molecule has 0 bridgehead atoms. The van der Waals surface area contributed by atoms with E-state index in [1.807, 2.05) is 24.3 Å². The second kappa shape index (κ2) is 10.9. The van der Waals surface area contributed by atoms with Crippen molar-refractivity contribution in [3.8, 4) is 11.5 Å². The maximum Gasteiger partial charge on any atom is 0.142 e. The third kappa shape index (κ3) is 7.36. The van der Waals surface area contributed by atoms with Gasteiger partial charge in [-0.1, -0.05) is 75.4 Å². The molecule has 3 heteroatoms. The van der Waals surface area contributed by atoms with Gasteiger partial charge in [0.2, 0.25) is 0 Å². The van der Waals surface area contributed by atoms with E-state index in [0.29, 0.717) is 13.2 Å². The van der Waals surface area contributed by atoms with Crippen molar-refractivity contribution in [2.24, 2.45) is 0 Å². The number of nitrogens with one attached hydrogen (secondary N) is 1. The van der Waals surface area contributed by atoms with Gasteiger partial charge in [0.15, 0.2) is 0 Å². The number of hydrogen-bond donors (Lipinski definition) is 1. The lowest BCUT2D eigenvalue weighted by Crippen LogP contribution is -2.23. The van der Waals surface area contributed by atoms with Crippen LogP contribution in [0.15, 0.2) is 78.9 Å².